The Bertz CT molecular complexity index is 376. The molecule has 1 rings (SSSR count). The molecule has 0 aromatic carbocycles. The second-order valence-electron chi connectivity index (χ2n) is 3.92. The van der Waals surface area contributed by atoms with Crippen LogP contribution in [0, 0.1) is 6.92 Å². The van der Waals surface area contributed by atoms with Gasteiger partial charge in [-0.1, -0.05) is 0 Å². The Balaban J connectivity index is 2.43. The summed E-state index contributed by atoms with van der Waals surface area (Å²) < 4.78 is 6.62. The normalized spacial score (nSPS) is 12.7. The first-order valence-corrected chi connectivity index (χ1v) is 5.39. The van der Waals surface area contributed by atoms with E-state index in [0.717, 1.165) is 12.1 Å². The van der Waals surface area contributed by atoms with Crippen molar-refractivity contribution in [2.24, 2.45) is 0 Å². The monoisotopic (exact) mass is 225 g/mol. The molecule has 0 saturated carbocycles. The number of ether oxygens (including phenoxy) is 1. The van der Waals surface area contributed by atoms with Crippen LogP contribution in [-0.2, 0) is 11.3 Å². The summed E-state index contributed by atoms with van der Waals surface area (Å²) in [7, 11) is 1.67. The quantitative estimate of drug-likeness (QED) is 0.750. The lowest BCUT2D eigenvalue weighted by Crippen LogP contribution is -2.35. The summed E-state index contributed by atoms with van der Waals surface area (Å²) in [5, 5.41) is 3.27. The van der Waals surface area contributed by atoms with Crippen molar-refractivity contribution in [2.45, 2.75) is 26.4 Å². The predicted molar refractivity (Wildman–Crippen MR) is 62.6 cm³/mol. The second-order valence-corrected chi connectivity index (χ2v) is 3.92. The van der Waals surface area contributed by atoms with Crippen molar-refractivity contribution in [3.05, 3.63) is 28.4 Å². The Morgan fingerprint density at radius 1 is 1.62 bits per heavy atom. The smallest absolute Gasteiger partial charge is 0.347 e. The van der Waals surface area contributed by atoms with Crippen LogP contribution in [0.1, 0.15) is 12.5 Å². The molecule has 0 fully saturated rings. The van der Waals surface area contributed by atoms with Gasteiger partial charge in [0.25, 0.3) is 0 Å². The van der Waals surface area contributed by atoms with Crippen LogP contribution in [0.15, 0.2) is 17.2 Å². The van der Waals surface area contributed by atoms with Gasteiger partial charge in [0.2, 0.25) is 0 Å². The fourth-order valence-electron chi connectivity index (χ4n) is 1.47. The number of rotatable bonds is 6. The molecule has 5 heteroatoms. The largest absolute Gasteiger partial charge is 0.383 e. The molecule has 1 heterocycles. The molecule has 16 heavy (non-hydrogen) atoms. The summed E-state index contributed by atoms with van der Waals surface area (Å²) in [6.45, 7) is 5.99. The van der Waals surface area contributed by atoms with Gasteiger partial charge in [-0.25, -0.2) is 9.78 Å². The Hall–Kier alpha value is -1.20. The van der Waals surface area contributed by atoms with E-state index in [2.05, 4.69) is 10.3 Å². The van der Waals surface area contributed by atoms with Crippen molar-refractivity contribution in [3.63, 3.8) is 0 Å². The maximum Gasteiger partial charge on any atom is 0.347 e. The lowest BCUT2D eigenvalue weighted by atomic mass is 10.3. The maximum absolute atomic E-state index is 11.4. The number of hydrogen-bond acceptors (Lipinski definition) is 4. The molecular formula is C11H19N3O2. The predicted octanol–water partition coefficient (Wildman–Crippen LogP) is 0.176. The number of aryl methyl sites for hydroxylation is 1. The van der Waals surface area contributed by atoms with Gasteiger partial charge in [0.15, 0.2) is 0 Å². The zero-order valence-electron chi connectivity index (χ0n) is 10.1. The van der Waals surface area contributed by atoms with Crippen molar-refractivity contribution >= 4 is 0 Å². The minimum atomic E-state index is -0.202. The first-order valence-electron chi connectivity index (χ1n) is 5.39. The highest BCUT2D eigenvalue weighted by Crippen LogP contribution is 1.89. The molecule has 1 N–H and O–H groups in total. The minimum Gasteiger partial charge on any atom is -0.383 e. The molecule has 0 radical (unpaired) electrons. The number of nitrogens with one attached hydrogen (secondary N) is 1. The van der Waals surface area contributed by atoms with Crippen LogP contribution in [-0.4, -0.2) is 35.9 Å². The van der Waals surface area contributed by atoms with Gasteiger partial charge in [-0.2, -0.15) is 0 Å². The van der Waals surface area contributed by atoms with E-state index in [1.54, 1.807) is 17.9 Å². The van der Waals surface area contributed by atoms with Gasteiger partial charge >= 0.3 is 5.69 Å². The molecule has 1 atom stereocenters. The molecule has 1 aromatic heterocycles. The van der Waals surface area contributed by atoms with Crippen LogP contribution in [0.4, 0.5) is 0 Å². The molecule has 1 aromatic rings. The van der Waals surface area contributed by atoms with E-state index >= 15 is 0 Å². The Morgan fingerprint density at radius 2 is 2.38 bits per heavy atom. The van der Waals surface area contributed by atoms with Crippen molar-refractivity contribution in [2.75, 3.05) is 20.3 Å². The molecule has 0 saturated heterocycles. The van der Waals surface area contributed by atoms with E-state index in [1.807, 2.05) is 20.0 Å². The SMILES string of the molecule is COCC(C)NCCn1cc(C)cnc1=O. The van der Waals surface area contributed by atoms with Crippen LogP contribution < -0.4 is 11.0 Å². The average molecular weight is 225 g/mol. The average Bonchev–Trinajstić information content (AvgIpc) is 2.23. The number of methoxy groups -OCH3 is 1. The van der Waals surface area contributed by atoms with Gasteiger partial charge in [0.05, 0.1) is 6.61 Å². The Kier molecular flexibility index (Phi) is 5.14. The third-order valence-corrected chi connectivity index (χ3v) is 2.25. The van der Waals surface area contributed by atoms with E-state index in [9.17, 15) is 4.79 Å². The van der Waals surface area contributed by atoms with Crippen molar-refractivity contribution in [3.8, 4) is 0 Å². The molecule has 5 nitrogen and oxygen atoms in total. The molecule has 0 bridgehead atoms. The van der Waals surface area contributed by atoms with Crippen molar-refractivity contribution in [1.29, 1.82) is 0 Å². The van der Waals surface area contributed by atoms with E-state index in [4.69, 9.17) is 4.74 Å². The fraction of sp³-hybridized carbons (Fsp3) is 0.636. The summed E-state index contributed by atoms with van der Waals surface area (Å²) in [6, 6.07) is 0.290. The van der Waals surface area contributed by atoms with Gasteiger partial charge in [0, 0.05) is 38.6 Å². The third kappa shape index (κ3) is 4.12. The Labute approximate surface area is 95.5 Å². The molecular weight excluding hydrogens is 206 g/mol. The summed E-state index contributed by atoms with van der Waals surface area (Å²) in [6.07, 6.45) is 3.40. The van der Waals surface area contributed by atoms with E-state index < -0.39 is 0 Å². The summed E-state index contributed by atoms with van der Waals surface area (Å²) >= 11 is 0. The molecule has 1 unspecified atom stereocenters. The highest BCUT2D eigenvalue weighted by atomic mass is 16.5. The topological polar surface area (TPSA) is 56.1 Å². The van der Waals surface area contributed by atoms with Crippen molar-refractivity contribution < 1.29 is 4.74 Å². The molecule has 0 amide bonds. The zero-order valence-corrected chi connectivity index (χ0v) is 10.1. The molecule has 0 aliphatic carbocycles. The van der Waals surface area contributed by atoms with E-state index in [-0.39, 0.29) is 5.69 Å². The lowest BCUT2D eigenvalue weighted by molar-refractivity contribution is 0.172. The van der Waals surface area contributed by atoms with E-state index in [0.29, 0.717) is 19.2 Å². The molecule has 90 valence electrons. The third-order valence-electron chi connectivity index (χ3n) is 2.25. The standard InChI is InChI=1S/C11H19N3O2/c1-9-6-13-11(15)14(7-9)5-4-12-10(2)8-16-3/h6-7,10,12H,4-5,8H2,1-3H3. The summed E-state index contributed by atoms with van der Waals surface area (Å²) in [5.41, 5.74) is 0.788. The zero-order chi connectivity index (χ0) is 12.0. The number of aromatic nitrogens is 2. The molecule has 0 aliphatic rings. The van der Waals surface area contributed by atoms with Gasteiger partial charge in [-0.05, 0) is 19.4 Å². The Morgan fingerprint density at radius 3 is 3.06 bits per heavy atom. The first-order chi connectivity index (χ1) is 7.63. The van der Waals surface area contributed by atoms with Crippen LogP contribution in [0.2, 0.25) is 0 Å². The van der Waals surface area contributed by atoms with Crippen LogP contribution in [0.25, 0.3) is 0 Å². The fourth-order valence-corrected chi connectivity index (χ4v) is 1.47. The summed E-state index contributed by atoms with van der Waals surface area (Å²) in [4.78, 5) is 15.1. The van der Waals surface area contributed by atoms with Gasteiger partial charge in [-0.3, -0.25) is 4.57 Å². The van der Waals surface area contributed by atoms with Crippen molar-refractivity contribution in [1.82, 2.24) is 14.9 Å². The van der Waals surface area contributed by atoms with Gasteiger partial charge in [0.1, 0.15) is 0 Å². The van der Waals surface area contributed by atoms with Gasteiger partial charge in [-0.15, -0.1) is 0 Å². The maximum atomic E-state index is 11.4. The van der Waals surface area contributed by atoms with E-state index in [1.165, 1.54) is 0 Å². The second kappa shape index (κ2) is 6.40. The highest BCUT2D eigenvalue weighted by molar-refractivity contribution is 4.99. The van der Waals surface area contributed by atoms with Crippen LogP contribution >= 0.6 is 0 Å². The van der Waals surface area contributed by atoms with Gasteiger partial charge < -0.3 is 10.1 Å². The molecule has 0 spiro atoms. The van der Waals surface area contributed by atoms with Crippen LogP contribution in [0.5, 0.6) is 0 Å². The lowest BCUT2D eigenvalue weighted by Gasteiger charge is -2.13. The number of nitrogens with zero attached hydrogens (tertiary/aromatic N) is 2. The van der Waals surface area contributed by atoms with Crippen LogP contribution in [0.3, 0.4) is 0 Å². The number of hydrogen-bond donors (Lipinski definition) is 1. The minimum absolute atomic E-state index is 0.202. The molecule has 0 aliphatic heterocycles. The highest BCUT2D eigenvalue weighted by Gasteiger charge is 2.01. The first kappa shape index (κ1) is 12.9. The summed E-state index contributed by atoms with van der Waals surface area (Å²) in [5.74, 6) is 0.